The van der Waals surface area contributed by atoms with Crippen LogP contribution in [-0.2, 0) is 16.1 Å². The Balaban J connectivity index is 1.88. The topological polar surface area (TPSA) is 47.4 Å². The monoisotopic (exact) mass is 265 g/mol. The van der Waals surface area contributed by atoms with E-state index in [1.54, 1.807) is 0 Å². The number of methoxy groups -OCH3 is 1. The van der Waals surface area contributed by atoms with Crippen LogP contribution >= 0.6 is 0 Å². The highest BCUT2D eigenvalue weighted by atomic mass is 16.5. The van der Waals surface area contributed by atoms with Crippen LogP contribution in [0.3, 0.4) is 0 Å². The first-order valence-electron chi connectivity index (χ1n) is 6.99. The summed E-state index contributed by atoms with van der Waals surface area (Å²) in [4.78, 5) is 18.1. The van der Waals surface area contributed by atoms with Crippen LogP contribution in [0, 0.1) is 6.92 Å². The number of piperidine rings is 1. The van der Waals surface area contributed by atoms with E-state index in [1.165, 1.54) is 20.0 Å². The molecule has 1 aliphatic heterocycles. The molecule has 5 nitrogen and oxygen atoms in total. The SMILES string of the molecule is COC(=O)CC1CCCCN1CCn1ccnc1C. The number of hydrogen-bond donors (Lipinski definition) is 0. The van der Waals surface area contributed by atoms with Gasteiger partial charge in [0, 0.05) is 31.5 Å². The molecule has 0 N–H and O–H groups in total. The van der Waals surface area contributed by atoms with Crippen LogP contribution in [0.2, 0.25) is 0 Å². The van der Waals surface area contributed by atoms with E-state index < -0.39 is 0 Å². The van der Waals surface area contributed by atoms with Crippen LogP contribution < -0.4 is 0 Å². The molecular formula is C14H23N3O2. The fourth-order valence-electron chi connectivity index (χ4n) is 2.74. The van der Waals surface area contributed by atoms with Crippen molar-refractivity contribution in [3.8, 4) is 0 Å². The summed E-state index contributed by atoms with van der Waals surface area (Å²) in [6.07, 6.45) is 7.88. The molecule has 1 saturated heterocycles. The number of rotatable bonds is 5. The molecule has 106 valence electrons. The minimum Gasteiger partial charge on any atom is -0.469 e. The van der Waals surface area contributed by atoms with E-state index in [1.807, 2.05) is 19.3 Å². The fourth-order valence-corrected chi connectivity index (χ4v) is 2.74. The lowest BCUT2D eigenvalue weighted by Gasteiger charge is -2.35. The molecule has 2 rings (SSSR count). The Bertz CT molecular complexity index is 417. The molecular weight excluding hydrogens is 242 g/mol. The summed E-state index contributed by atoms with van der Waals surface area (Å²) in [6.45, 7) is 5.00. The van der Waals surface area contributed by atoms with Crippen LogP contribution in [-0.4, -0.2) is 46.7 Å². The van der Waals surface area contributed by atoms with Crippen molar-refractivity contribution in [2.45, 2.75) is 45.2 Å². The van der Waals surface area contributed by atoms with Crippen LogP contribution in [0.25, 0.3) is 0 Å². The molecule has 1 fully saturated rings. The van der Waals surface area contributed by atoms with Gasteiger partial charge in [0.25, 0.3) is 0 Å². The average molecular weight is 265 g/mol. The Morgan fingerprint density at radius 2 is 2.32 bits per heavy atom. The minimum atomic E-state index is -0.101. The summed E-state index contributed by atoms with van der Waals surface area (Å²) in [5, 5.41) is 0. The van der Waals surface area contributed by atoms with Gasteiger partial charge in [0.05, 0.1) is 13.5 Å². The molecule has 19 heavy (non-hydrogen) atoms. The van der Waals surface area contributed by atoms with Gasteiger partial charge in [-0.15, -0.1) is 0 Å². The Kier molecular flexibility index (Phi) is 4.96. The summed E-state index contributed by atoms with van der Waals surface area (Å²) >= 11 is 0. The van der Waals surface area contributed by atoms with E-state index in [2.05, 4.69) is 14.5 Å². The van der Waals surface area contributed by atoms with Crippen molar-refractivity contribution in [3.63, 3.8) is 0 Å². The first-order chi connectivity index (χ1) is 9.20. The van der Waals surface area contributed by atoms with E-state index >= 15 is 0 Å². The van der Waals surface area contributed by atoms with Gasteiger partial charge >= 0.3 is 5.97 Å². The molecule has 0 saturated carbocycles. The van der Waals surface area contributed by atoms with Crippen molar-refractivity contribution in [1.82, 2.24) is 14.5 Å². The Hall–Kier alpha value is -1.36. The van der Waals surface area contributed by atoms with E-state index in [-0.39, 0.29) is 5.97 Å². The number of carbonyl (C=O) groups excluding carboxylic acids is 1. The number of aryl methyl sites for hydroxylation is 1. The zero-order chi connectivity index (χ0) is 13.7. The second-order valence-electron chi connectivity index (χ2n) is 5.13. The minimum absolute atomic E-state index is 0.101. The Labute approximate surface area is 114 Å². The van der Waals surface area contributed by atoms with Gasteiger partial charge in [-0.3, -0.25) is 9.69 Å². The summed E-state index contributed by atoms with van der Waals surface area (Å²) in [7, 11) is 1.46. The molecule has 1 aromatic heterocycles. The normalized spacial score (nSPS) is 20.4. The fraction of sp³-hybridized carbons (Fsp3) is 0.714. The number of imidazole rings is 1. The van der Waals surface area contributed by atoms with Crippen LogP contribution in [0.1, 0.15) is 31.5 Å². The van der Waals surface area contributed by atoms with Gasteiger partial charge in [-0.2, -0.15) is 0 Å². The van der Waals surface area contributed by atoms with Crippen molar-refractivity contribution in [2.24, 2.45) is 0 Å². The first kappa shape index (κ1) is 14.1. The molecule has 0 radical (unpaired) electrons. The number of carbonyl (C=O) groups is 1. The molecule has 1 aliphatic rings. The highest BCUT2D eigenvalue weighted by Crippen LogP contribution is 2.20. The van der Waals surface area contributed by atoms with Crippen molar-refractivity contribution in [1.29, 1.82) is 0 Å². The van der Waals surface area contributed by atoms with Gasteiger partial charge in [0.15, 0.2) is 0 Å². The summed E-state index contributed by atoms with van der Waals surface area (Å²) in [5.74, 6) is 0.942. The van der Waals surface area contributed by atoms with Gasteiger partial charge in [-0.25, -0.2) is 4.98 Å². The molecule has 0 aliphatic carbocycles. The molecule has 1 unspecified atom stereocenters. The molecule has 0 aromatic carbocycles. The lowest BCUT2D eigenvalue weighted by molar-refractivity contribution is -0.142. The zero-order valence-corrected chi connectivity index (χ0v) is 11.8. The predicted octanol–water partition coefficient (Wildman–Crippen LogP) is 1.61. The van der Waals surface area contributed by atoms with Gasteiger partial charge in [0.2, 0.25) is 0 Å². The smallest absolute Gasteiger partial charge is 0.307 e. The number of aromatic nitrogens is 2. The molecule has 2 heterocycles. The van der Waals surface area contributed by atoms with Crippen LogP contribution in [0.4, 0.5) is 0 Å². The molecule has 0 spiro atoms. The molecule has 5 heteroatoms. The lowest BCUT2D eigenvalue weighted by atomic mass is 9.99. The maximum absolute atomic E-state index is 11.4. The third kappa shape index (κ3) is 3.80. The van der Waals surface area contributed by atoms with E-state index in [4.69, 9.17) is 4.74 Å². The number of hydrogen-bond acceptors (Lipinski definition) is 4. The highest BCUT2D eigenvalue weighted by molar-refractivity contribution is 5.69. The quantitative estimate of drug-likeness (QED) is 0.759. The van der Waals surface area contributed by atoms with Crippen molar-refractivity contribution in [3.05, 3.63) is 18.2 Å². The van der Waals surface area contributed by atoms with Crippen molar-refractivity contribution in [2.75, 3.05) is 20.2 Å². The van der Waals surface area contributed by atoms with Crippen molar-refractivity contribution < 1.29 is 9.53 Å². The van der Waals surface area contributed by atoms with Gasteiger partial charge < -0.3 is 9.30 Å². The van der Waals surface area contributed by atoms with Gasteiger partial charge in [-0.05, 0) is 26.3 Å². The average Bonchev–Trinajstić information content (AvgIpc) is 2.83. The number of esters is 1. The Morgan fingerprint density at radius 1 is 1.47 bits per heavy atom. The third-order valence-corrected chi connectivity index (χ3v) is 3.93. The lowest BCUT2D eigenvalue weighted by Crippen LogP contribution is -2.42. The molecule has 1 aromatic rings. The largest absolute Gasteiger partial charge is 0.469 e. The van der Waals surface area contributed by atoms with Gasteiger partial charge in [-0.1, -0.05) is 6.42 Å². The second kappa shape index (κ2) is 6.70. The van der Waals surface area contributed by atoms with E-state index in [0.29, 0.717) is 12.5 Å². The van der Waals surface area contributed by atoms with Gasteiger partial charge in [0.1, 0.15) is 5.82 Å². The number of nitrogens with zero attached hydrogens (tertiary/aromatic N) is 3. The van der Waals surface area contributed by atoms with Crippen LogP contribution in [0.5, 0.6) is 0 Å². The van der Waals surface area contributed by atoms with E-state index in [9.17, 15) is 4.79 Å². The molecule has 0 amide bonds. The predicted molar refractivity (Wildman–Crippen MR) is 72.8 cm³/mol. The Morgan fingerprint density at radius 3 is 3.00 bits per heavy atom. The molecule has 1 atom stereocenters. The van der Waals surface area contributed by atoms with Crippen LogP contribution in [0.15, 0.2) is 12.4 Å². The molecule has 0 bridgehead atoms. The number of ether oxygens (including phenoxy) is 1. The summed E-state index contributed by atoms with van der Waals surface area (Å²) < 4.78 is 6.95. The second-order valence-corrected chi connectivity index (χ2v) is 5.13. The zero-order valence-electron chi connectivity index (χ0n) is 11.8. The third-order valence-electron chi connectivity index (χ3n) is 3.93. The maximum atomic E-state index is 11.4. The van der Waals surface area contributed by atoms with Crippen molar-refractivity contribution >= 4 is 5.97 Å². The summed E-state index contributed by atoms with van der Waals surface area (Å²) in [5.41, 5.74) is 0. The highest BCUT2D eigenvalue weighted by Gasteiger charge is 2.24. The van der Waals surface area contributed by atoms with E-state index in [0.717, 1.165) is 31.9 Å². The number of likely N-dealkylation sites (tertiary alicyclic amines) is 1. The maximum Gasteiger partial charge on any atom is 0.307 e. The summed E-state index contributed by atoms with van der Waals surface area (Å²) in [6, 6.07) is 0.338. The standard InChI is InChI=1S/C14H23N3O2/c1-12-15-6-8-16(12)9-10-17-7-4-3-5-13(17)11-14(18)19-2/h6,8,13H,3-5,7,9-11H2,1-2H3. The first-order valence-corrected chi connectivity index (χ1v) is 6.99.